The highest BCUT2D eigenvalue weighted by Crippen LogP contribution is 2.42. The summed E-state index contributed by atoms with van der Waals surface area (Å²) in [6.45, 7) is 0. The van der Waals surface area contributed by atoms with E-state index >= 15 is 0 Å². The minimum Gasteiger partial charge on any atom is -0.383 e. The number of halogens is 9. The monoisotopic (exact) mass is 464 g/mol. The normalized spacial score (nSPS) is 12.8. The first-order chi connectivity index (χ1) is 12.3. The predicted molar refractivity (Wildman–Crippen MR) is 93.1 cm³/mol. The number of pyridine rings is 1. The minimum absolute atomic E-state index is 0.0728. The molecule has 0 radical (unpaired) electrons. The summed E-state index contributed by atoms with van der Waals surface area (Å²) in [4.78, 5) is 2.94. The fourth-order valence-corrected chi connectivity index (χ4v) is 3.46. The van der Waals surface area contributed by atoms with Gasteiger partial charge in [0.05, 0.1) is 20.9 Å². The van der Waals surface area contributed by atoms with Gasteiger partial charge in [-0.15, -0.1) is 0 Å². The smallest absolute Gasteiger partial charge is 0.383 e. The van der Waals surface area contributed by atoms with Gasteiger partial charge in [-0.1, -0.05) is 34.8 Å². The molecule has 0 spiro atoms. The van der Waals surface area contributed by atoms with Crippen LogP contribution >= 0.6 is 46.4 Å². The first kappa shape index (κ1) is 20.2. The summed E-state index contributed by atoms with van der Waals surface area (Å²) >= 11 is 22.7. The lowest BCUT2D eigenvalue weighted by Crippen LogP contribution is -2.15. The Balaban J connectivity index is 2.42. The summed E-state index contributed by atoms with van der Waals surface area (Å²) in [6.07, 6.45) is -5.11. The van der Waals surface area contributed by atoms with E-state index in [9.17, 15) is 22.0 Å². The van der Waals surface area contributed by atoms with Crippen LogP contribution < -0.4 is 5.73 Å². The number of nitrogens with zero attached hydrogens (tertiary/aromatic N) is 3. The topological polar surface area (TPSA) is 56.7 Å². The second kappa shape index (κ2) is 6.51. The van der Waals surface area contributed by atoms with Crippen LogP contribution in [0.4, 0.5) is 27.8 Å². The zero-order valence-electron chi connectivity index (χ0n) is 12.6. The highest BCUT2D eigenvalue weighted by molar-refractivity contribution is 6.40. The van der Waals surface area contributed by atoms with Crippen molar-refractivity contribution in [2.75, 3.05) is 5.73 Å². The van der Waals surface area contributed by atoms with Gasteiger partial charge in [-0.25, -0.2) is 9.67 Å². The molecule has 0 atom stereocenters. The Bertz CT molecular complexity index is 1040. The first-order valence-electron chi connectivity index (χ1n) is 6.79. The van der Waals surface area contributed by atoms with Gasteiger partial charge in [-0.05, 0) is 29.8 Å². The van der Waals surface area contributed by atoms with Crippen molar-refractivity contribution in [1.29, 1.82) is 0 Å². The average molecular weight is 466 g/mol. The molecule has 2 aromatic heterocycles. The third kappa shape index (κ3) is 3.61. The average Bonchev–Trinajstić information content (AvgIpc) is 2.80. The molecule has 144 valence electrons. The molecule has 0 unspecified atom stereocenters. The third-order valence-electron chi connectivity index (χ3n) is 3.44. The summed E-state index contributed by atoms with van der Waals surface area (Å²) in [6, 6.07) is 3.12. The fourth-order valence-electron chi connectivity index (χ4n) is 2.39. The van der Waals surface area contributed by atoms with Gasteiger partial charge in [0.1, 0.15) is 17.2 Å². The van der Waals surface area contributed by atoms with Crippen LogP contribution in [-0.2, 0) is 11.6 Å². The largest absolute Gasteiger partial charge is 0.434 e. The minimum atomic E-state index is -5.11. The van der Waals surface area contributed by atoms with E-state index in [1.165, 1.54) is 12.1 Å². The van der Waals surface area contributed by atoms with Gasteiger partial charge in [0.25, 0.3) is 0 Å². The van der Waals surface area contributed by atoms with Crippen LogP contribution in [0.25, 0.3) is 16.6 Å². The molecule has 1 aromatic carbocycles. The Hall–Kier alpha value is -1.55. The number of benzene rings is 1. The highest BCUT2D eigenvalue weighted by Gasteiger charge is 2.41. The molecule has 0 aliphatic heterocycles. The molecule has 3 rings (SSSR count). The van der Waals surface area contributed by atoms with Gasteiger partial charge in [0.15, 0.2) is 5.69 Å². The summed E-state index contributed by atoms with van der Waals surface area (Å²) in [5.41, 5.74) is 2.19. The van der Waals surface area contributed by atoms with Gasteiger partial charge in [0, 0.05) is 5.02 Å². The molecule has 4 nitrogen and oxygen atoms in total. The molecule has 0 amide bonds. The summed E-state index contributed by atoms with van der Waals surface area (Å²) in [7, 11) is 0. The standard InChI is InChI=1S/C14H5Cl4F5N4/c15-4-1-5(16)10(6(17)2-4)27-12(24)9-7(26-27)3-8(13(18,19)20)25-11(9)14(21,22)23/h1-3H,24H2. The van der Waals surface area contributed by atoms with Crippen LogP contribution in [0.15, 0.2) is 18.2 Å². The Morgan fingerprint density at radius 3 is 2.00 bits per heavy atom. The second-order valence-corrected chi connectivity index (χ2v) is 6.99. The number of anilines is 1. The zero-order chi connectivity index (χ0) is 20.3. The van der Waals surface area contributed by atoms with E-state index in [0.29, 0.717) is 6.07 Å². The summed E-state index contributed by atoms with van der Waals surface area (Å²) < 4.78 is 67.7. The first-order valence-corrected chi connectivity index (χ1v) is 8.30. The van der Waals surface area contributed by atoms with Gasteiger partial charge in [-0.3, -0.25) is 0 Å². The van der Waals surface area contributed by atoms with E-state index in [-0.39, 0.29) is 20.8 Å². The van der Waals surface area contributed by atoms with Gasteiger partial charge in [-0.2, -0.15) is 27.1 Å². The molecule has 0 saturated heterocycles. The molecular formula is C14H5Cl4F5N4. The van der Waals surface area contributed by atoms with Crippen LogP contribution in [0, 0.1) is 0 Å². The highest BCUT2D eigenvalue weighted by atomic mass is 35.5. The molecule has 2 heterocycles. The van der Waals surface area contributed by atoms with E-state index in [1.807, 2.05) is 0 Å². The number of hydrogen-bond donors (Lipinski definition) is 1. The van der Waals surface area contributed by atoms with Crippen molar-refractivity contribution in [3.05, 3.63) is 44.7 Å². The van der Waals surface area contributed by atoms with E-state index in [0.717, 1.165) is 4.68 Å². The molecule has 27 heavy (non-hydrogen) atoms. The van der Waals surface area contributed by atoms with Crippen molar-refractivity contribution < 1.29 is 22.0 Å². The number of fused-ring (bicyclic) bond motifs is 1. The number of alkyl halides is 6. The third-order valence-corrected chi connectivity index (χ3v) is 4.43. The Morgan fingerprint density at radius 1 is 0.963 bits per heavy atom. The lowest BCUT2D eigenvalue weighted by Gasteiger charge is -2.12. The quantitative estimate of drug-likeness (QED) is 0.358. The van der Waals surface area contributed by atoms with E-state index in [1.54, 1.807) is 0 Å². The number of hydrogen-bond acceptors (Lipinski definition) is 3. The second-order valence-electron chi connectivity index (χ2n) is 5.26. The lowest BCUT2D eigenvalue weighted by molar-refractivity contribution is -0.140. The van der Waals surface area contributed by atoms with Crippen molar-refractivity contribution in [3.8, 4) is 5.69 Å². The van der Waals surface area contributed by atoms with Crippen LogP contribution in [0.3, 0.4) is 0 Å². The Labute approximate surface area is 167 Å². The number of nitrogens with two attached hydrogens (primary N) is 1. The van der Waals surface area contributed by atoms with Gasteiger partial charge >= 0.3 is 11.6 Å². The van der Waals surface area contributed by atoms with E-state index < -0.39 is 39.7 Å². The Kier molecular flexibility index (Phi) is 4.87. The van der Waals surface area contributed by atoms with E-state index in [4.69, 9.17) is 52.1 Å². The van der Waals surface area contributed by atoms with Gasteiger partial charge in [0.2, 0.25) is 0 Å². The molecule has 0 aliphatic rings. The maximum atomic E-state index is 13.4. The molecule has 0 fully saturated rings. The van der Waals surface area contributed by atoms with Crippen molar-refractivity contribution in [2.24, 2.45) is 0 Å². The van der Waals surface area contributed by atoms with Gasteiger partial charge < -0.3 is 5.73 Å². The number of rotatable bonds is 2. The maximum Gasteiger partial charge on any atom is 0.434 e. The van der Waals surface area contributed by atoms with Crippen molar-refractivity contribution in [1.82, 2.24) is 14.8 Å². The van der Waals surface area contributed by atoms with Crippen molar-refractivity contribution >= 4 is 63.1 Å². The zero-order valence-corrected chi connectivity index (χ0v) is 15.6. The number of aromatic nitrogens is 3. The van der Waals surface area contributed by atoms with Crippen LogP contribution in [0.2, 0.25) is 15.1 Å². The molecular weight excluding hydrogens is 461 g/mol. The van der Waals surface area contributed by atoms with Crippen molar-refractivity contribution in [2.45, 2.75) is 11.6 Å². The number of nitrogen functional groups attached to an aromatic ring is 1. The molecule has 0 aliphatic carbocycles. The van der Waals surface area contributed by atoms with Crippen molar-refractivity contribution in [3.63, 3.8) is 0 Å². The Morgan fingerprint density at radius 2 is 1.52 bits per heavy atom. The fraction of sp³-hybridized carbons (Fsp3) is 0.143. The predicted octanol–water partition coefficient (Wildman–Crippen LogP) is 6.27. The lowest BCUT2D eigenvalue weighted by atomic mass is 10.2. The maximum absolute atomic E-state index is 13.4. The molecule has 2 N–H and O–H groups in total. The molecule has 0 saturated carbocycles. The van der Waals surface area contributed by atoms with E-state index in [2.05, 4.69) is 10.1 Å². The van der Waals surface area contributed by atoms with Crippen LogP contribution in [0.5, 0.6) is 0 Å². The molecule has 3 aromatic rings. The molecule has 0 bridgehead atoms. The molecule has 13 heteroatoms. The SMILES string of the molecule is Nc1c2c(C(F)(F)F)nc(C(F)(F)Cl)cc2nn1-c1c(Cl)cc(Cl)cc1Cl. The summed E-state index contributed by atoms with van der Waals surface area (Å²) in [5.74, 6) is -0.555. The van der Waals surface area contributed by atoms with Crippen LogP contribution in [0.1, 0.15) is 11.4 Å². The summed E-state index contributed by atoms with van der Waals surface area (Å²) in [5, 5.41) is -1.01. The van der Waals surface area contributed by atoms with Crippen LogP contribution in [-0.4, -0.2) is 14.8 Å².